The maximum atomic E-state index is 12.6. The number of ether oxygens (including phenoxy) is 1. The van der Waals surface area contributed by atoms with Crippen LogP contribution in [0.5, 0.6) is 0 Å². The van der Waals surface area contributed by atoms with Crippen LogP contribution in [0.3, 0.4) is 0 Å². The molecule has 124 valence electrons. The Bertz CT molecular complexity index is 605. The van der Waals surface area contributed by atoms with Gasteiger partial charge in [-0.1, -0.05) is 12.1 Å². The van der Waals surface area contributed by atoms with Gasteiger partial charge in [0.25, 0.3) is 0 Å². The fraction of sp³-hybridized carbons (Fsp3) is 0.529. The van der Waals surface area contributed by atoms with E-state index in [1.807, 2.05) is 36.1 Å². The summed E-state index contributed by atoms with van der Waals surface area (Å²) in [6, 6.07) is 7.71. The Morgan fingerprint density at radius 2 is 2.22 bits per heavy atom. The van der Waals surface area contributed by atoms with E-state index in [0.717, 1.165) is 17.7 Å². The first-order valence-electron chi connectivity index (χ1n) is 8.03. The third kappa shape index (κ3) is 3.17. The Labute approximate surface area is 136 Å². The van der Waals surface area contributed by atoms with E-state index in [9.17, 15) is 9.59 Å². The second-order valence-corrected chi connectivity index (χ2v) is 6.20. The van der Waals surface area contributed by atoms with E-state index in [0.29, 0.717) is 26.1 Å². The number of carbonyl (C=O) groups is 2. The van der Waals surface area contributed by atoms with Crippen LogP contribution in [0.15, 0.2) is 24.3 Å². The number of amides is 3. The van der Waals surface area contributed by atoms with Crippen LogP contribution >= 0.6 is 0 Å². The van der Waals surface area contributed by atoms with Crippen molar-refractivity contribution in [3.05, 3.63) is 29.8 Å². The summed E-state index contributed by atoms with van der Waals surface area (Å²) < 4.78 is 5.08. The van der Waals surface area contributed by atoms with E-state index >= 15 is 0 Å². The van der Waals surface area contributed by atoms with E-state index in [1.165, 1.54) is 0 Å². The van der Waals surface area contributed by atoms with Crippen molar-refractivity contribution in [1.82, 2.24) is 9.80 Å². The summed E-state index contributed by atoms with van der Waals surface area (Å²) in [4.78, 5) is 28.4. The second-order valence-electron chi connectivity index (χ2n) is 6.20. The first kappa shape index (κ1) is 15.8. The van der Waals surface area contributed by atoms with Crippen molar-refractivity contribution in [3.63, 3.8) is 0 Å². The Kier molecular flexibility index (Phi) is 4.52. The summed E-state index contributed by atoms with van der Waals surface area (Å²) in [5.74, 6) is 0.116. The molecule has 6 nitrogen and oxygen atoms in total. The molecule has 0 spiro atoms. The zero-order valence-corrected chi connectivity index (χ0v) is 13.6. The standard InChI is InChI=1S/C17H23N3O3/c1-12-4-3-5-13(10-12)18-17(22)20-7-6-14-15(20)11-16(21)19(14)8-9-23-2/h3-5,10,14-15H,6-9,11H2,1-2H3,(H,18,22)/t14-,15-/m0/s1. The monoisotopic (exact) mass is 317 g/mol. The molecule has 2 atom stereocenters. The summed E-state index contributed by atoms with van der Waals surface area (Å²) >= 11 is 0. The van der Waals surface area contributed by atoms with Crippen LogP contribution < -0.4 is 5.32 Å². The molecule has 2 saturated heterocycles. The topological polar surface area (TPSA) is 61.9 Å². The van der Waals surface area contributed by atoms with Gasteiger partial charge in [0.1, 0.15) is 0 Å². The number of carbonyl (C=O) groups excluding carboxylic acids is 2. The molecule has 0 bridgehead atoms. The lowest BCUT2D eigenvalue weighted by Crippen LogP contribution is -2.42. The average Bonchev–Trinajstić information content (AvgIpc) is 3.03. The summed E-state index contributed by atoms with van der Waals surface area (Å²) in [5, 5.41) is 2.94. The van der Waals surface area contributed by atoms with Crippen molar-refractivity contribution in [2.24, 2.45) is 0 Å². The highest BCUT2D eigenvalue weighted by atomic mass is 16.5. The highest BCUT2D eigenvalue weighted by Gasteiger charge is 2.48. The van der Waals surface area contributed by atoms with Crippen LogP contribution in [0.4, 0.5) is 10.5 Å². The maximum absolute atomic E-state index is 12.6. The summed E-state index contributed by atoms with van der Waals surface area (Å²) in [6.07, 6.45) is 1.25. The van der Waals surface area contributed by atoms with E-state index in [1.54, 1.807) is 12.0 Å². The summed E-state index contributed by atoms with van der Waals surface area (Å²) in [7, 11) is 1.63. The average molecular weight is 317 g/mol. The number of hydrogen-bond donors (Lipinski definition) is 1. The van der Waals surface area contributed by atoms with Gasteiger partial charge < -0.3 is 19.9 Å². The van der Waals surface area contributed by atoms with E-state index < -0.39 is 0 Å². The first-order valence-corrected chi connectivity index (χ1v) is 8.03. The van der Waals surface area contributed by atoms with Gasteiger partial charge in [-0.2, -0.15) is 0 Å². The van der Waals surface area contributed by atoms with Gasteiger partial charge in [0.15, 0.2) is 0 Å². The first-order chi connectivity index (χ1) is 11.1. The quantitative estimate of drug-likeness (QED) is 0.922. The molecule has 6 heteroatoms. The molecule has 2 aliphatic rings. The molecule has 3 rings (SSSR count). The summed E-state index contributed by atoms with van der Waals surface area (Å²) in [6.45, 7) is 3.81. The third-order valence-corrected chi connectivity index (χ3v) is 4.68. The number of anilines is 1. The van der Waals surface area contributed by atoms with Gasteiger partial charge in [-0.3, -0.25) is 4.79 Å². The number of rotatable bonds is 4. The number of nitrogens with zero attached hydrogens (tertiary/aromatic N) is 2. The fourth-order valence-corrected chi connectivity index (χ4v) is 3.58. The molecule has 3 amide bonds. The summed E-state index contributed by atoms with van der Waals surface area (Å²) in [5.41, 5.74) is 1.89. The molecule has 1 N–H and O–H groups in total. The van der Waals surface area contributed by atoms with Crippen LogP contribution in [0.25, 0.3) is 0 Å². The van der Waals surface area contributed by atoms with Crippen molar-refractivity contribution >= 4 is 17.6 Å². The van der Waals surface area contributed by atoms with E-state index in [4.69, 9.17) is 4.74 Å². The van der Waals surface area contributed by atoms with Crippen LogP contribution in [-0.4, -0.2) is 60.6 Å². The Morgan fingerprint density at radius 3 is 2.96 bits per heavy atom. The number of methoxy groups -OCH3 is 1. The lowest BCUT2D eigenvalue weighted by atomic mass is 10.1. The number of nitrogens with one attached hydrogen (secondary N) is 1. The molecule has 0 radical (unpaired) electrons. The molecule has 1 aromatic rings. The largest absolute Gasteiger partial charge is 0.383 e. The minimum Gasteiger partial charge on any atom is -0.383 e. The van der Waals surface area contributed by atoms with Crippen LogP contribution in [0.1, 0.15) is 18.4 Å². The molecule has 0 aromatic heterocycles. The van der Waals surface area contributed by atoms with Gasteiger partial charge in [-0.25, -0.2) is 4.79 Å². The molecule has 2 heterocycles. The van der Waals surface area contributed by atoms with Crippen molar-refractivity contribution in [2.45, 2.75) is 31.8 Å². The van der Waals surface area contributed by atoms with Crippen LogP contribution in [-0.2, 0) is 9.53 Å². The van der Waals surface area contributed by atoms with Gasteiger partial charge in [0.05, 0.1) is 18.7 Å². The van der Waals surface area contributed by atoms with Crippen molar-refractivity contribution in [2.75, 3.05) is 32.1 Å². The van der Waals surface area contributed by atoms with Gasteiger partial charge in [-0.05, 0) is 31.0 Å². The number of fused-ring (bicyclic) bond motifs is 1. The van der Waals surface area contributed by atoms with Gasteiger partial charge in [0, 0.05) is 32.3 Å². The number of benzene rings is 1. The third-order valence-electron chi connectivity index (χ3n) is 4.68. The SMILES string of the molecule is COCCN1C(=O)C[C@H]2[C@@H]1CCN2C(=O)Nc1cccc(C)c1. The Hall–Kier alpha value is -2.08. The zero-order chi connectivity index (χ0) is 16.4. The van der Waals surface area contributed by atoms with Gasteiger partial charge in [0.2, 0.25) is 5.91 Å². The normalized spacial score (nSPS) is 23.3. The molecule has 2 aliphatic heterocycles. The molecule has 0 aliphatic carbocycles. The zero-order valence-electron chi connectivity index (χ0n) is 13.6. The minimum absolute atomic E-state index is 0.0239. The molecule has 0 unspecified atom stereocenters. The molecular weight excluding hydrogens is 294 g/mol. The predicted octanol–water partition coefficient (Wildman–Crippen LogP) is 1.85. The molecule has 23 heavy (non-hydrogen) atoms. The maximum Gasteiger partial charge on any atom is 0.322 e. The second kappa shape index (κ2) is 6.58. The highest BCUT2D eigenvalue weighted by molar-refractivity contribution is 5.91. The smallest absolute Gasteiger partial charge is 0.322 e. The Balaban J connectivity index is 1.66. The van der Waals surface area contributed by atoms with Gasteiger partial charge in [-0.15, -0.1) is 0 Å². The van der Waals surface area contributed by atoms with E-state index in [-0.39, 0.29) is 24.0 Å². The molecule has 2 fully saturated rings. The molecule has 0 saturated carbocycles. The van der Waals surface area contributed by atoms with Crippen LogP contribution in [0, 0.1) is 6.92 Å². The number of hydrogen-bond acceptors (Lipinski definition) is 3. The lowest BCUT2D eigenvalue weighted by Gasteiger charge is -2.25. The van der Waals surface area contributed by atoms with Crippen LogP contribution in [0.2, 0.25) is 0 Å². The van der Waals surface area contributed by atoms with Crippen molar-refractivity contribution in [1.29, 1.82) is 0 Å². The minimum atomic E-state index is -0.121. The molecular formula is C17H23N3O3. The number of likely N-dealkylation sites (tertiary alicyclic amines) is 2. The lowest BCUT2D eigenvalue weighted by molar-refractivity contribution is -0.129. The number of urea groups is 1. The fourth-order valence-electron chi connectivity index (χ4n) is 3.58. The Morgan fingerprint density at radius 1 is 1.39 bits per heavy atom. The number of aryl methyl sites for hydroxylation is 1. The van der Waals surface area contributed by atoms with E-state index in [2.05, 4.69) is 5.32 Å². The van der Waals surface area contributed by atoms with Gasteiger partial charge >= 0.3 is 6.03 Å². The highest BCUT2D eigenvalue weighted by Crippen LogP contribution is 2.32. The van der Waals surface area contributed by atoms with Crippen molar-refractivity contribution < 1.29 is 14.3 Å². The van der Waals surface area contributed by atoms with Crippen molar-refractivity contribution in [3.8, 4) is 0 Å². The molecule has 1 aromatic carbocycles. The predicted molar refractivity (Wildman–Crippen MR) is 87.3 cm³/mol.